The van der Waals surface area contributed by atoms with Crippen molar-refractivity contribution in [1.29, 1.82) is 0 Å². The van der Waals surface area contributed by atoms with Crippen molar-refractivity contribution in [2.45, 2.75) is 12.8 Å². The third-order valence-corrected chi connectivity index (χ3v) is 4.62. The molecule has 27 heavy (non-hydrogen) atoms. The van der Waals surface area contributed by atoms with Crippen LogP contribution in [0.2, 0.25) is 0 Å². The molecule has 1 N–H and O–H groups in total. The zero-order valence-electron chi connectivity index (χ0n) is 15.2. The first kappa shape index (κ1) is 18.6. The Balaban J connectivity index is 1.51. The molecule has 0 aliphatic carbocycles. The van der Waals surface area contributed by atoms with Gasteiger partial charge in [-0.1, -0.05) is 18.2 Å². The number of nitrogens with zero attached hydrogens (tertiary/aromatic N) is 3. The fraction of sp³-hybridized carbons (Fsp3) is 0.368. The van der Waals surface area contributed by atoms with Gasteiger partial charge in [-0.3, -0.25) is 14.4 Å². The summed E-state index contributed by atoms with van der Waals surface area (Å²) < 4.78 is 5.32. The first-order valence-corrected chi connectivity index (χ1v) is 8.83. The van der Waals surface area contributed by atoms with Crippen molar-refractivity contribution in [2.24, 2.45) is 0 Å². The van der Waals surface area contributed by atoms with Crippen molar-refractivity contribution in [2.75, 3.05) is 33.3 Å². The van der Waals surface area contributed by atoms with Gasteiger partial charge in [0.1, 0.15) is 11.4 Å². The molecule has 0 spiro atoms. The number of carbonyl (C=O) groups is 2. The summed E-state index contributed by atoms with van der Waals surface area (Å²) >= 11 is 0. The van der Waals surface area contributed by atoms with E-state index in [-0.39, 0.29) is 23.1 Å². The number of aromatic amines is 1. The molecule has 1 aromatic heterocycles. The van der Waals surface area contributed by atoms with E-state index in [2.05, 4.69) is 10.2 Å². The maximum atomic E-state index is 12.5. The van der Waals surface area contributed by atoms with Crippen LogP contribution in [0.4, 0.5) is 0 Å². The molecule has 2 aromatic rings. The van der Waals surface area contributed by atoms with Crippen LogP contribution >= 0.6 is 0 Å². The fourth-order valence-electron chi connectivity index (χ4n) is 3.09. The van der Waals surface area contributed by atoms with Gasteiger partial charge in [-0.2, -0.15) is 5.10 Å². The summed E-state index contributed by atoms with van der Waals surface area (Å²) in [6, 6.07) is 10.4. The number of amides is 2. The van der Waals surface area contributed by atoms with Crippen LogP contribution in [0.3, 0.4) is 0 Å². The normalized spacial score (nSPS) is 14.1. The van der Waals surface area contributed by atoms with E-state index >= 15 is 0 Å². The summed E-state index contributed by atoms with van der Waals surface area (Å²) in [5.74, 6) is 0.608. The second kappa shape index (κ2) is 8.48. The van der Waals surface area contributed by atoms with Gasteiger partial charge < -0.3 is 14.5 Å². The molecule has 2 amide bonds. The number of aryl methyl sites for hydroxylation is 1. The average Bonchev–Trinajstić information content (AvgIpc) is 2.72. The number of methoxy groups -OCH3 is 1. The maximum Gasteiger partial charge on any atom is 0.274 e. The maximum absolute atomic E-state index is 12.5. The monoisotopic (exact) mass is 370 g/mol. The molecule has 3 rings (SSSR count). The van der Waals surface area contributed by atoms with Gasteiger partial charge >= 0.3 is 0 Å². The van der Waals surface area contributed by atoms with Crippen LogP contribution in [-0.4, -0.2) is 65.1 Å². The molecule has 1 aromatic carbocycles. The topological polar surface area (TPSA) is 95.6 Å². The van der Waals surface area contributed by atoms with Crippen LogP contribution in [0.25, 0.3) is 0 Å². The van der Waals surface area contributed by atoms with E-state index in [1.54, 1.807) is 16.9 Å². The Kier molecular flexibility index (Phi) is 5.85. The highest BCUT2D eigenvalue weighted by atomic mass is 16.5. The molecule has 1 aliphatic rings. The smallest absolute Gasteiger partial charge is 0.274 e. The second-order valence-corrected chi connectivity index (χ2v) is 6.29. The van der Waals surface area contributed by atoms with Crippen molar-refractivity contribution >= 4 is 11.8 Å². The van der Waals surface area contributed by atoms with Gasteiger partial charge in [-0.05, 0) is 24.1 Å². The highest BCUT2D eigenvalue weighted by Crippen LogP contribution is 2.19. The summed E-state index contributed by atoms with van der Waals surface area (Å²) in [7, 11) is 1.62. The third-order valence-electron chi connectivity index (χ3n) is 4.62. The minimum absolute atomic E-state index is 0.0650. The first-order chi connectivity index (χ1) is 13.1. The molecule has 1 fully saturated rings. The molecule has 0 bridgehead atoms. The third kappa shape index (κ3) is 4.52. The Hall–Kier alpha value is -3.16. The van der Waals surface area contributed by atoms with Crippen molar-refractivity contribution in [3.8, 4) is 5.75 Å². The number of nitrogens with one attached hydrogen (secondary N) is 1. The van der Waals surface area contributed by atoms with Crippen LogP contribution in [0.1, 0.15) is 22.5 Å². The van der Waals surface area contributed by atoms with Gasteiger partial charge in [0.25, 0.3) is 11.5 Å². The van der Waals surface area contributed by atoms with E-state index in [1.165, 1.54) is 12.1 Å². The van der Waals surface area contributed by atoms with Crippen LogP contribution < -0.4 is 10.3 Å². The Morgan fingerprint density at radius 3 is 2.44 bits per heavy atom. The molecular weight excluding hydrogens is 348 g/mol. The summed E-state index contributed by atoms with van der Waals surface area (Å²) in [6.45, 7) is 1.86. The van der Waals surface area contributed by atoms with Gasteiger partial charge in [0.05, 0.1) is 7.11 Å². The van der Waals surface area contributed by atoms with E-state index in [9.17, 15) is 14.4 Å². The van der Waals surface area contributed by atoms with Gasteiger partial charge in [0.15, 0.2) is 0 Å². The summed E-state index contributed by atoms with van der Waals surface area (Å²) in [6.07, 6.45) is 1.01. The number of benzene rings is 1. The van der Waals surface area contributed by atoms with E-state index < -0.39 is 0 Å². The number of carbonyl (C=O) groups excluding carboxylic acids is 2. The predicted octanol–water partition coefficient (Wildman–Crippen LogP) is 0.696. The minimum atomic E-state index is -0.350. The zero-order valence-corrected chi connectivity index (χ0v) is 15.2. The number of H-pyrrole nitrogens is 1. The Morgan fingerprint density at radius 1 is 1.07 bits per heavy atom. The van der Waals surface area contributed by atoms with Gasteiger partial charge in [0.2, 0.25) is 5.91 Å². The van der Waals surface area contributed by atoms with Crippen LogP contribution in [-0.2, 0) is 11.2 Å². The van der Waals surface area contributed by atoms with E-state index in [0.29, 0.717) is 39.0 Å². The standard InChI is InChI=1S/C19H22N4O4/c1-27-16-5-3-2-4-14(16)6-9-18(25)22-10-12-23(13-11-22)19(26)15-7-8-17(24)21-20-15/h2-5,7-8H,6,9-13H2,1H3,(H,21,24). The minimum Gasteiger partial charge on any atom is -0.496 e. The Bertz CT molecular complexity index is 852. The summed E-state index contributed by atoms with van der Waals surface area (Å²) in [5.41, 5.74) is 0.855. The van der Waals surface area contributed by atoms with E-state index in [0.717, 1.165) is 11.3 Å². The number of aromatic nitrogens is 2. The van der Waals surface area contributed by atoms with Crippen molar-refractivity contribution < 1.29 is 14.3 Å². The molecule has 0 saturated carbocycles. The first-order valence-electron chi connectivity index (χ1n) is 8.83. The largest absolute Gasteiger partial charge is 0.496 e. The highest BCUT2D eigenvalue weighted by Gasteiger charge is 2.25. The number of rotatable bonds is 5. The Labute approximate surface area is 156 Å². The molecular formula is C19H22N4O4. The molecule has 1 aliphatic heterocycles. The lowest BCUT2D eigenvalue weighted by molar-refractivity contribution is -0.132. The highest BCUT2D eigenvalue weighted by molar-refractivity contribution is 5.92. The van der Waals surface area contributed by atoms with Gasteiger partial charge in [-0.15, -0.1) is 0 Å². The molecule has 0 unspecified atom stereocenters. The molecule has 142 valence electrons. The fourth-order valence-corrected chi connectivity index (χ4v) is 3.09. The molecule has 0 radical (unpaired) electrons. The summed E-state index contributed by atoms with van der Waals surface area (Å²) in [4.78, 5) is 39.3. The molecule has 1 saturated heterocycles. The lowest BCUT2D eigenvalue weighted by Gasteiger charge is -2.34. The molecule has 2 heterocycles. The quantitative estimate of drug-likeness (QED) is 0.836. The number of hydrogen-bond donors (Lipinski definition) is 1. The zero-order chi connectivity index (χ0) is 19.2. The number of ether oxygens (including phenoxy) is 1. The van der Waals surface area contributed by atoms with Crippen LogP contribution in [0, 0.1) is 0 Å². The van der Waals surface area contributed by atoms with Gasteiger partial charge in [-0.25, -0.2) is 5.10 Å². The van der Waals surface area contributed by atoms with Crippen molar-refractivity contribution in [1.82, 2.24) is 20.0 Å². The number of piperazine rings is 1. The number of hydrogen-bond acceptors (Lipinski definition) is 5. The molecule has 8 nitrogen and oxygen atoms in total. The summed E-state index contributed by atoms with van der Waals surface area (Å²) in [5, 5.41) is 6.03. The lowest BCUT2D eigenvalue weighted by Crippen LogP contribution is -2.50. The average molecular weight is 370 g/mol. The predicted molar refractivity (Wildman–Crippen MR) is 98.7 cm³/mol. The van der Waals surface area contributed by atoms with Crippen molar-refractivity contribution in [3.63, 3.8) is 0 Å². The molecule has 0 atom stereocenters. The van der Waals surface area contributed by atoms with Crippen LogP contribution in [0.5, 0.6) is 5.75 Å². The second-order valence-electron chi connectivity index (χ2n) is 6.29. The van der Waals surface area contributed by atoms with Crippen molar-refractivity contribution in [3.05, 3.63) is 58.0 Å². The van der Waals surface area contributed by atoms with Gasteiger partial charge in [0, 0.05) is 38.7 Å². The van der Waals surface area contributed by atoms with E-state index in [4.69, 9.17) is 4.74 Å². The number of para-hydroxylation sites is 1. The van der Waals surface area contributed by atoms with Crippen LogP contribution in [0.15, 0.2) is 41.2 Å². The Morgan fingerprint density at radius 2 is 1.78 bits per heavy atom. The molecule has 8 heteroatoms. The lowest BCUT2D eigenvalue weighted by atomic mass is 10.1. The SMILES string of the molecule is COc1ccccc1CCC(=O)N1CCN(C(=O)c2ccc(=O)[nH]n2)CC1. The van der Waals surface area contributed by atoms with E-state index in [1.807, 2.05) is 24.3 Å².